The van der Waals surface area contributed by atoms with Gasteiger partial charge in [0.1, 0.15) is 6.54 Å². The summed E-state index contributed by atoms with van der Waals surface area (Å²) in [6, 6.07) is 6.17. The van der Waals surface area contributed by atoms with Gasteiger partial charge in [-0.15, -0.1) is 0 Å². The van der Waals surface area contributed by atoms with E-state index in [0.29, 0.717) is 34.9 Å². The molecule has 0 aliphatic carbocycles. The average Bonchev–Trinajstić information content (AvgIpc) is 3.01. The molecule has 4 rings (SSSR count). The number of urea groups is 1. The van der Waals surface area contributed by atoms with Gasteiger partial charge in [-0.1, -0.05) is 29.8 Å². The van der Waals surface area contributed by atoms with Crippen LogP contribution in [0.25, 0.3) is 0 Å². The van der Waals surface area contributed by atoms with Crippen LogP contribution < -0.4 is 5.32 Å². The third-order valence-electron chi connectivity index (χ3n) is 5.75. The molecule has 1 N–H and O–H groups in total. The molecular formula is C21H25ClN4O4. The number of benzene rings is 1. The van der Waals surface area contributed by atoms with Crippen LogP contribution in [0, 0.1) is 0 Å². The van der Waals surface area contributed by atoms with Gasteiger partial charge in [0.15, 0.2) is 0 Å². The van der Waals surface area contributed by atoms with E-state index < -0.39 is 6.04 Å². The first kappa shape index (κ1) is 20.7. The van der Waals surface area contributed by atoms with Crippen LogP contribution in [0.3, 0.4) is 0 Å². The minimum Gasteiger partial charge on any atom is -0.372 e. The predicted octanol–water partition coefficient (Wildman–Crippen LogP) is 1.77. The largest absolute Gasteiger partial charge is 0.372 e. The van der Waals surface area contributed by atoms with E-state index in [2.05, 4.69) is 5.32 Å². The molecule has 0 spiro atoms. The average molecular weight is 433 g/mol. The molecule has 3 unspecified atom stereocenters. The Labute approximate surface area is 180 Å². The maximum atomic E-state index is 13.3. The first-order valence-electron chi connectivity index (χ1n) is 10.0. The van der Waals surface area contributed by atoms with Crippen molar-refractivity contribution in [3.05, 3.63) is 46.1 Å². The molecular weight excluding hydrogens is 408 g/mol. The number of hydrogen-bond acceptors (Lipinski definition) is 4. The number of rotatable bonds is 3. The highest BCUT2D eigenvalue weighted by Crippen LogP contribution is 2.37. The van der Waals surface area contributed by atoms with Gasteiger partial charge in [0.05, 0.1) is 36.1 Å². The quantitative estimate of drug-likeness (QED) is 0.789. The van der Waals surface area contributed by atoms with Crippen molar-refractivity contribution >= 4 is 29.4 Å². The molecule has 3 atom stereocenters. The number of morpholine rings is 1. The minimum absolute atomic E-state index is 0.0391. The fourth-order valence-corrected chi connectivity index (χ4v) is 4.58. The van der Waals surface area contributed by atoms with Crippen molar-refractivity contribution in [2.45, 2.75) is 32.1 Å². The van der Waals surface area contributed by atoms with Crippen molar-refractivity contribution in [3.63, 3.8) is 0 Å². The van der Waals surface area contributed by atoms with Crippen LogP contribution in [0.2, 0.25) is 5.02 Å². The molecule has 160 valence electrons. The summed E-state index contributed by atoms with van der Waals surface area (Å²) < 4.78 is 5.69. The summed E-state index contributed by atoms with van der Waals surface area (Å²) in [5, 5.41) is 3.33. The van der Waals surface area contributed by atoms with Gasteiger partial charge in [-0.05, 0) is 25.5 Å². The molecule has 1 aromatic carbocycles. The molecule has 3 aliphatic heterocycles. The first-order chi connectivity index (χ1) is 14.3. The van der Waals surface area contributed by atoms with Crippen LogP contribution in [-0.2, 0) is 14.3 Å². The SMILES string of the molecule is CC1CN(C(=O)CN2CC3=C(C2=O)C(c2ccccc2Cl)NC(=O)N3C)CC(C)O1. The maximum Gasteiger partial charge on any atom is 0.322 e. The summed E-state index contributed by atoms with van der Waals surface area (Å²) in [6.45, 7) is 5.03. The Balaban J connectivity index is 1.57. The standard InChI is InChI=1S/C21H25ClN4O4/c1-12-8-25(9-13(2)30-12)17(27)11-26-10-16-18(20(26)28)19(23-21(29)24(16)3)14-6-4-5-7-15(14)22/h4-7,12-13,19H,8-11H2,1-3H3,(H,23,29). The monoisotopic (exact) mass is 432 g/mol. The number of halogens is 1. The summed E-state index contributed by atoms with van der Waals surface area (Å²) in [5.41, 5.74) is 1.72. The fraction of sp³-hybridized carbons (Fsp3) is 0.476. The fourth-order valence-electron chi connectivity index (χ4n) is 4.34. The van der Waals surface area contributed by atoms with Gasteiger partial charge in [0, 0.05) is 25.2 Å². The van der Waals surface area contributed by atoms with Gasteiger partial charge in [0.2, 0.25) is 5.91 Å². The number of nitrogens with one attached hydrogen (secondary N) is 1. The van der Waals surface area contributed by atoms with Crippen LogP contribution in [0.1, 0.15) is 25.5 Å². The van der Waals surface area contributed by atoms with Crippen LogP contribution in [0.15, 0.2) is 35.5 Å². The van der Waals surface area contributed by atoms with E-state index >= 15 is 0 Å². The van der Waals surface area contributed by atoms with Crippen molar-refractivity contribution in [1.82, 2.24) is 20.0 Å². The van der Waals surface area contributed by atoms with Gasteiger partial charge in [-0.25, -0.2) is 4.79 Å². The molecule has 1 saturated heterocycles. The lowest BCUT2D eigenvalue weighted by Crippen LogP contribution is -2.51. The molecule has 0 aromatic heterocycles. The molecule has 1 aromatic rings. The lowest BCUT2D eigenvalue weighted by atomic mass is 9.96. The number of nitrogens with zero attached hydrogens (tertiary/aromatic N) is 3. The molecule has 1 fully saturated rings. The van der Waals surface area contributed by atoms with E-state index in [1.54, 1.807) is 30.1 Å². The van der Waals surface area contributed by atoms with Gasteiger partial charge in [0.25, 0.3) is 5.91 Å². The normalized spacial score (nSPS) is 26.8. The third-order valence-corrected chi connectivity index (χ3v) is 6.09. The second-order valence-electron chi connectivity index (χ2n) is 8.04. The smallest absolute Gasteiger partial charge is 0.322 e. The van der Waals surface area contributed by atoms with E-state index in [-0.39, 0.29) is 43.1 Å². The number of likely N-dealkylation sites (N-methyl/N-ethyl adjacent to an activating group) is 1. The van der Waals surface area contributed by atoms with Crippen LogP contribution in [0.4, 0.5) is 4.79 Å². The van der Waals surface area contributed by atoms with Crippen molar-refractivity contribution in [1.29, 1.82) is 0 Å². The van der Waals surface area contributed by atoms with Crippen molar-refractivity contribution < 1.29 is 19.1 Å². The lowest BCUT2D eigenvalue weighted by molar-refractivity contribution is -0.146. The molecule has 0 saturated carbocycles. The Bertz CT molecular complexity index is 923. The van der Waals surface area contributed by atoms with E-state index in [4.69, 9.17) is 16.3 Å². The van der Waals surface area contributed by atoms with Gasteiger partial charge >= 0.3 is 6.03 Å². The lowest BCUT2D eigenvalue weighted by Gasteiger charge is -2.36. The second kappa shape index (κ2) is 7.92. The Hall–Kier alpha value is -2.58. The zero-order valence-electron chi connectivity index (χ0n) is 17.2. The van der Waals surface area contributed by atoms with Crippen molar-refractivity contribution in [2.24, 2.45) is 0 Å². The summed E-state index contributed by atoms with van der Waals surface area (Å²) in [5.74, 6) is -0.383. The molecule has 3 heterocycles. The zero-order valence-corrected chi connectivity index (χ0v) is 18.0. The summed E-state index contributed by atoms with van der Waals surface area (Å²) in [7, 11) is 1.62. The van der Waals surface area contributed by atoms with Gasteiger partial charge in [-0.2, -0.15) is 0 Å². The van der Waals surface area contributed by atoms with E-state index in [0.717, 1.165) is 0 Å². The maximum absolute atomic E-state index is 13.3. The van der Waals surface area contributed by atoms with Crippen molar-refractivity contribution in [3.8, 4) is 0 Å². The number of hydrogen-bond donors (Lipinski definition) is 1. The molecule has 4 amide bonds. The number of carbonyl (C=O) groups excluding carboxylic acids is 3. The van der Waals surface area contributed by atoms with E-state index in [1.807, 2.05) is 19.9 Å². The third kappa shape index (κ3) is 3.65. The zero-order chi connectivity index (χ0) is 21.6. The van der Waals surface area contributed by atoms with Crippen LogP contribution in [-0.4, -0.2) is 78.0 Å². The number of amides is 4. The highest BCUT2D eigenvalue weighted by Gasteiger charge is 2.44. The highest BCUT2D eigenvalue weighted by molar-refractivity contribution is 6.31. The Morgan fingerprint density at radius 3 is 2.53 bits per heavy atom. The molecule has 30 heavy (non-hydrogen) atoms. The van der Waals surface area contributed by atoms with E-state index in [1.165, 1.54) is 9.80 Å². The second-order valence-corrected chi connectivity index (χ2v) is 8.45. The number of ether oxygens (including phenoxy) is 1. The predicted molar refractivity (Wildman–Crippen MR) is 111 cm³/mol. The van der Waals surface area contributed by atoms with Gasteiger partial charge < -0.3 is 19.9 Å². The van der Waals surface area contributed by atoms with E-state index in [9.17, 15) is 14.4 Å². The summed E-state index contributed by atoms with van der Waals surface area (Å²) in [6.07, 6.45) is -0.0910. The molecule has 8 nitrogen and oxygen atoms in total. The highest BCUT2D eigenvalue weighted by atomic mass is 35.5. The van der Waals surface area contributed by atoms with Crippen LogP contribution >= 0.6 is 11.6 Å². The topological polar surface area (TPSA) is 82.2 Å². The molecule has 0 radical (unpaired) electrons. The Morgan fingerprint density at radius 2 is 1.87 bits per heavy atom. The van der Waals surface area contributed by atoms with Gasteiger partial charge in [-0.3, -0.25) is 14.5 Å². The minimum atomic E-state index is -0.645. The Kier molecular flexibility index (Phi) is 5.46. The Morgan fingerprint density at radius 1 is 1.20 bits per heavy atom. The first-order valence-corrected chi connectivity index (χ1v) is 10.4. The summed E-state index contributed by atoms with van der Waals surface area (Å²) in [4.78, 5) is 43.4. The number of carbonyl (C=O) groups is 3. The van der Waals surface area contributed by atoms with Crippen molar-refractivity contribution in [2.75, 3.05) is 33.2 Å². The molecule has 9 heteroatoms. The molecule has 3 aliphatic rings. The van der Waals surface area contributed by atoms with Crippen LogP contribution in [0.5, 0.6) is 0 Å². The summed E-state index contributed by atoms with van der Waals surface area (Å²) >= 11 is 6.34. The molecule has 0 bridgehead atoms.